The van der Waals surface area contributed by atoms with Gasteiger partial charge in [-0.05, 0) is 56.4 Å². The average molecular weight is 443 g/mol. The number of hydrogen-bond acceptors (Lipinski definition) is 6. The molecule has 1 N–H and O–H groups in total. The fourth-order valence-corrected chi connectivity index (χ4v) is 4.00. The number of nitrogens with zero attached hydrogens (tertiary/aromatic N) is 1. The maximum absolute atomic E-state index is 13.2. The molecular weight excluding hydrogens is 412 g/mol. The van der Waals surface area contributed by atoms with Gasteiger partial charge in [0.05, 0.1) is 52.2 Å². The van der Waals surface area contributed by atoms with E-state index in [2.05, 4.69) is 13.8 Å². The molecule has 3 rings (SSSR count). The van der Waals surface area contributed by atoms with Crippen LogP contribution in [0.15, 0.2) is 52.3 Å². The number of quaternary nitrogens is 1. The molecule has 0 radical (unpaired) electrons. The molecule has 1 unspecified atom stereocenters. The van der Waals surface area contributed by atoms with Crippen LogP contribution in [0.5, 0.6) is 11.5 Å². The molecule has 1 aromatic carbocycles. The van der Waals surface area contributed by atoms with Gasteiger partial charge in [0.25, 0.3) is 0 Å². The van der Waals surface area contributed by atoms with Gasteiger partial charge < -0.3 is 28.8 Å². The van der Waals surface area contributed by atoms with E-state index >= 15 is 0 Å². The van der Waals surface area contributed by atoms with Gasteiger partial charge in [-0.25, -0.2) is 0 Å². The fraction of sp³-hybridized carbons (Fsp3) is 0.417. The van der Waals surface area contributed by atoms with Crippen molar-refractivity contribution in [2.24, 2.45) is 0 Å². The number of likely N-dealkylation sites (N-methyl/N-ethyl adjacent to an activating group) is 1. The number of carbonyl (C=O) groups is 2. The summed E-state index contributed by atoms with van der Waals surface area (Å²) in [4.78, 5) is 28.9. The van der Waals surface area contributed by atoms with Crippen LogP contribution in [0.25, 0.3) is 0 Å². The van der Waals surface area contributed by atoms with Crippen LogP contribution in [-0.2, 0) is 4.79 Å². The van der Waals surface area contributed by atoms with E-state index in [-0.39, 0.29) is 11.3 Å². The largest absolute Gasteiger partial charge is 0.868 e. The number of nitrogens with one attached hydrogen (secondary N) is 1. The minimum absolute atomic E-state index is 0.0280. The Morgan fingerprint density at radius 1 is 1.19 bits per heavy atom. The second-order valence-corrected chi connectivity index (χ2v) is 7.50. The van der Waals surface area contributed by atoms with Gasteiger partial charge >= 0.3 is 0 Å². The predicted octanol–water partition coefficient (Wildman–Crippen LogP) is 0.992. The van der Waals surface area contributed by atoms with Gasteiger partial charge in [0, 0.05) is 5.57 Å². The van der Waals surface area contributed by atoms with E-state index in [0.29, 0.717) is 36.8 Å². The van der Waals surface area contributed by atoms with E-state index in [1.54, 1.807) is 24.3 Å². The summed E-state index contributed by atoms with van der Waals surface area (Å²) in [6.45, 7) is 9.28. The first-order valence-corrected chi connectivity index (χ1v) is 10.9. The van der Waals surface area contributed by atoms with Crippen LogP contribution in [0.4, 0.5) is 0 Å². The third kappa shape index (κ3) is 4.50. The number of methoxy groups -OCH3 is 1. The summed E-state index contributed by atoms with van der Waals surface area (Å²) in [5.41, 5.74) is 0.500. The summed E-state index contributed by atoms with van der Waals surface area (Å²) in [6, 6.07) is 7.45. The molecule has 0 saturated heterocycles. The van der Waals surface area contributed by atoms with Crippen LogP contribution >= 0.6 is 0 Å². The quantitative estimate of drug-likeness (QED) is 0.522. The van der Waals surface area contributed by atoms with Crippen LogP contribution in [0.2, 0.25) is 0 Å². The van der Waals surface area contributed by atoms with Crippen molar-refractivity contribution in [2.45, 2.75) is 26.8 Å². The number of Topliss-reactive ketones (excluding diaryl/α,β-unsaturated/α-hetero) is 1. The number of carbonyl (C=O) groups excluding carboxylic acids is 2. The average Bonchev–Trinajstić information content (AvgIpc) is 3.43. The molecule has 8 nitrogen and oxygen atoms in total. The predicted molar refractivity (Wildman–Crippen MR) is 116 cm³/mol. The van der Waals surface area contributed by atoms with Crippen molar-refractivity contribution in [1.82, 2.24) is 4.90 Å². The van der Waals surface area contributed by atoms with Gasteiger partial charge in [0.1, 0.15) is 0 Å². The van der Waals surface area contributed by atoms with Crippen LogP contribution in [0.1, 0.15) is 42.9 Å². The van der Waals surface area contributed by atoms with E-state index < -0.39 is 23.5 Å². The molecule has 2 aromatic rings. The number of furan rings is 1. The van der Waals surface area contributed by atoms with Gasteiger partial charge in [-0.3, -0.25) is 9.59 Å². The van der Waals surface area contributed by atoms with Crippen molar-refractivity contribution in [2.75, 3.05) is 39.9 Å². The van der Waals surface area contributed by atoms with Crippen molar-refractivity contribution in [3.63, 3.8) is 0 Å². The fourth-order valence-electron chi connectivity index (χ4n) is 4.00. The third-order valence-electron chi connectivity index (χ3n) is 5.78. The molecular formula is C24H30N2O6. The number of ether oxygens (including phenoxy) is 2. The molecule has 32 heavy (non-hydrogen) atoms. The molecule has 1 atom stereocenters. The van der Waals surface area contributed by atoms with E-state index in [1.807, 2.05) is 6.92 Å². The Bertz CT molecular complexity index is 978. The molecule has 0 saturated carbocycles. The number of amides is 1. The van der Waals surface area contributed by atoms with E-state index in [0.717, 1.165) is 13.1 Å². The van der Waals surface area contributed by atoms with E-state index in [4.69, 9.17) is 13.9 Å². The monoisotopic (exact) mass is 442 g/mol. The zero-order chi connectivity index (χ0) is 23.3. The highest BCUT2D eigenvalue weighted by Gasteiger charge is 2.40. The maximum atomic E-state index is 13.2. The summed E-state index contributed by atoms with van der Waals surface area (Å²) in [6.07, 6.45) is 1.37. The Balaban J connectivity index is 2.05. The topological polar surface area (TPSA) is 96.5 Å². The van der Waals surface area contributed by atoms with Crippen molar-refractivity contribution in [3.8, 4) is 11.5 Å². The maximum Gasteiger partial charge on any atom is 0.240 e. The van der Waals surface area contributed by atoms with Crippen LogP contribution in [-0.4, -0.2) is 56.5 Å². The van der Waals surface area contributed by atoms with Gasteiger partial charge in [-0.2, -0.15) is 0 Å². The van der Waals surface area contributed by atoms with Gasteiger partial charge in [-0.15, -0.1) is 0 Å². The molecule has 1 amide bonds. The third-order valence-corrected chi connectivity index (χ3v) is 5.78. The van der Waals surface area contributed by atoms with Crippen molar-refractivity contribution < 1.29 is 33.5 Å². The molecule has 172 valence electrons. The lowest BCUT2D eigenvalue weighted by atomic mass is 9.94. The lowest BCUT2D eigenvalue weighted by Gasteiger charge is -2.29. The second kappa shape index (κ2) is 10.4. The lowest BCUT2D eigenvalue weighted by molar-refractivity contribution is -0.895. The Morgan fingerprint density at radius 2 is 1.94 bits per heavy atom. The second-order valence-electron chi connectivity index (χ2n) is 7.50. The van der Waals surface area contributed by atoms with E-state index in [9.17, 15) is 14.7 Å². The Kier molecular flexibility index (Phi) is 7.58. The zero-order valence-electron chi connectivity index (χ0n) is 19.0. The normalized spacial score (nSPS) is 16.2. The molecule has 8 heteroatoms. The molecule has 1 aliphatic heterocycles. The Labute approximate surface area is 188 Å². The number of benzene rings is 1. The standard InChI is InChI=1S/C24H30N2O6/c1-5-25(6-2)12-13-26-21(16-10-11-17(31-7-3)19(15-16)30-4)20(23(28)24(26)29)22(27)18-9-8-14-32-18/h8-11,14-15,21,28H,5-7,12-13H2,1-4H3. The highest BCUT2D eigenvalue weighted by atomic mass is 16.5. The molecule has 1 aliphatic rings. The van der Waals surface area contributed by atoms with Crippen LogP contribution in [0.3, 0.4) is 0 Å². The molecule has 0 fully saturated rings. The first kappa shape index (κ1) is 23.4. The zero-order valence-corrected chi connectivity index (χ0v) is 19.0. The lowest BCUT2D eigenvalue weighted by Crippen LogP contribution is -3.12. The Morgan fingerprint density at radius 3 is 2.53 bits per heavy atom. The SMILES string of the molecule is CCOc1ccc(C2C(C(=O)c3ccco3)=C([O-])C(=O)N2CC[NH+](CC)CC)cc1OC. The molecule has 0 spiro atoms. The molecule has 1 aromatic heterocycles. The van der Waals surface area contributed by atoms with Crippen molar-refractivity contribution in [3.05, 3.63) is 59.3 Å². The summed E-state index contributed by atoms with van der Waals surface area (Å²) in [5, 5.41) is 13.0. The highest BCUT2D eigenvalue weighted by Crippen LogP contribution is 2.40. The van der Waals surface area contributed by atoms with E-state index in [1.165, 1.54) is 29.2 Å². The molecule has 0 aliphatic carbocycles. The summed E-state index contributed by atoms with van der Waals surface area (Å²) in [5.74, 6) is -1.00. The summed E-state index contributed by atoms with van der Waals surface area (Å²) < 4.78 is 16.3. The van der Waals surface area contributed by atoms with Gasteiger partial charge in [-0.1, -0.05) is 6.07 Å². The molecule has 0 bridgehead atoms. The molecule has 2 heterocycles. The minimum Gasteiger partial charge on any atom is -0.868 e. The minimum atomic E-state index is -0.827. The van der Waals surface area contributed by atoms with Crippen molar-refractivity contribution >= 4 is 11.7 Å². The van der Waals surface area contributed by atoms with Crippen molar-refractivity contribution in [1.29, 1.82) is 0 Å². The number of rotatable bonds is 11. The van der Waals surface area contributed by atoms with Crippen LogP contribution in [0, 0.1) is 0 Å². The van der Waals surface area contributed by atoms with Gasteiger partial charge in [0.2, 0.25) is 11.7 Å². The Hall–Kier alpha value is -3.26. The highest BCUT2D eigenvalue weighted by molar-refractivity contribution is 6.14. The van der Waals surface area contributed by atoms with Crippen LogP contribution < -0.4 is 19.5 Å². The van der Waals surface area contributed by atoms with Gasteiger partial charge in [0.15, 0.2) is 17.3 Å². The number of hydrogen-bond donors (Lipinski definition) is 1. The first-order valence-electron chi connectivity index (χ1n) is 10.9. The summed E-state index contributed by atoms with van der Waals surface area (Å²) in [7, 11) is 1.52. The smallest absolute Gasteiger partial charge is 0.240 e. The first-order chi connectivity index (χ1) is 15.5. The number of ketones is 1. The summed E-state index contributed by atoms with van der Waals surface area (Å²) >= 11 is 0.